The molecule has 3 N–H and O–H groups in total. The highest BCUT2D eigenvalue weighted by molar-refractivity contribution is 5.93. The minimum absolute atomic E-state index is 0.165. The van der Waals surface area contributed by atoms with Gasteiger partial charge in [-0.3, -0.25) is 9.69 Å². The molecule has 0 spiro atoms. The number of para-hydroxylation sites is 1. The Labute approximate surface area is 132 Å². The van der Waals surface area contributed by atoms with Gasteiger partial charge in [-0.2, -0.15) is 13.2 Å². The van der Waals surface area contributed by atoms with Crippen molar-refractivity contribution in [3.05, 3.63) is 29.8 Å². The third-order valence-corrected chi connectivity index (χ3v) is 3.34. The number of nitrogens with zero attached hydrogens (tertiary/aromatic N) is 1. The smallest absolute Gasteiger partial charge is 0.396 e. The molecule has 0 heterocycles. The van der Waals surface area contributed by atoms with E-state index in [4.69, 9.17) is 0 Å². The summed E-state index contributed by atoms with van der Waals surface area (Å²) < 4.78 is 38.6. The fourth-order valence-corrected chi connectivity index (χ4v) is 2.13. The summed E-state index contributed by atoms with van der Waals surface area (Å²) in [4.78, 5) is 13.4. The van der Waals surface area contributed by atoms with Gasteiger partial charge in [-0.05, 0) is 19.2 Å². The molecule has 1 rings (SSSR count). The van der Waals surface area contributed by atoms with Gasteiger partial charge in [0.25, 0.3) is 0 Å². The molecule has 1 amide bonds. The predicted octanol–water partition coefficient (Wildman–Crippen LogP) is 1.57. The third-order valence-electron chi connectivity index (χ3n) is 3.34. The van der Waals surface area contributed by atoms with Gasteiger partial charge in [0.05, 0.1) is 31.0 Å². The van der Waals surface area contributed by atoms with Crippen molar-refractivity contribution < 1.29 is 28.2 Å². The van der Waals surface area contributed by atoms with E-state index in [-0.39, 0.29) is 32.0 Å². The van der Waals surface area contributed by atoms with Crippen molar-refractivity contribution in [2.24, 2.45) is 5.41 Å². The van der Waals surface area contributed by atoms with Crippen LogP contribution >= 0.6 is 0 Å². The quantitative estimate of drug-likeness (QED) is 0.708. The second-order valence-electron chi connectivity index (χ2n) is 5.89. The number of carbonyl (C=O) groups is 1. The minimum Gasteiger partial charge on any atom is -0.396 e. The Balaban J connectivity index is 2.71. The van der Waals surface area contributed by atoms with Gasteiger partial charge >= 0.3 is 6.18 Å². The van der Waals surface area contributed by atoms with Gasteiger partial charge in [-0.25, -0.2) is 0 Å². The van der Waals surface area contributed by atoms with Crippen molar-refractivity contribution >= 4 is 11.6 Å². The van der Waals surface area contributed by atoms with Crippen LogP contribution in [0.2, 0.25) is 0 Å². The maximum atomic E-state index is 12.9. The standard InChI is InChI=1S/C15H21F3N2O3/c1-14(9-21,10-22)8-20(2)7-13(23)19-12-6-4-3-5-11(12)15(16,17)18/h3-6,21-22H,7-10H2,1-2H3,(H,19,23). The first-order valence-corrected chi connectivity index (χ1v) is 6.97. The zero-order valence-corrected chi connectivity index (χ0v) is 13.0. The Morgan fingerprint density at radius 3 is 2.30 bits per heavy atom. The summed E-state index contributed by atoms with van der Waals surface area (Å²) in [6.07, 6.45) is -4.55. The van der Waals surface area contributed by atoms with Gasteiger partial charge in [-0.15, -0.1) is 0 Å². The Bertz CT molecular complexity index is 531. The summed E-state index contributed by atoms with van der Waals surface area (Å²) in [5, 5.41) is 20.7. The van der Waals surface area contributed by atoms with E-state index in [9.17, 15) is 28.2 Å². The largest absolute Gasteiger partial charge is 0.418 e. The fourth-order valence-electron chi connectivity index (χ4n) is 2.13. The van der Waals surface area contributed by atoms with Crippen molar-refractivity contribution in [1.82, 2.24) is 4.90 Å². The molecule has 0 bridgehead atoms. The Morgan fingerprint density at radius 1 is 1.22 bits per heavy atom. The lowest BCUT2D eigenvalue weighted by Gasteiger charge is -2.30. The minimum atomic E-state index is -4.55. The molecule has 8 heteroatoms. The number of rotatable bonds is 7. The van der Waals surface area contributed by atoms with Crippen LogP contribution < -0.4 is 5.32 Å². The number of benzene rings is 1. The monoisotopic (exact) mass is 334 g/mol. The molecular formula is C15H21F3N2O3. The molecule has 130 valence electrons. The number of hydrogen-bond acceptors (Lipinski definition) is 4. The summed E-state index contributed by atoms with van der Waals surface area (Å²) in [5.41, 5.74) is -2.00. The van der Waals surface area contributed by atoms with Gasteiger partial charge in [0, 0.05) is 12.0 Å². The summed E-state index contributed by atoms with van der Waals surface area (Å²) in [6, 6.07) is 4.74. The van der Waals surface area contributed by atoms with Crippen molar-refractivity contribution in [2.75, 3.05) is 38.7 Å². The Hall–Kier alpha value is -1.64. The van der Waals surface area contributed by atoms with Crippen LogP contribution in [0.1, 0.15) is 12.5 Å². The van der Waals surface area contributed by atoms with Crippen LogP contribution in [0, 0.1) is 5.41 Å². The van der Waals surface area contributed by atoms with Gasteiger partial charge in [-0.1, -0.05) is 19.1 Å². The summed E-state index contributed by atoms with van der Waals surface area (Å²) in [6.45, 7) is 1.15. The number of carbonyl (C=O) groups excluding carboxylic acids is 1. The number of anilines is 1. The predicted molar refractivity (Wildman–Crippen MR) is 79.8 cm³/mol. The number of halogens is 3. The van der Waals surface area contributed by atoms with E-state index in [1.54, 1.807) is 14.0 Å². The van der Waals surface area contributed by atoms with Crippen LogP contribution in [0.5, 0.6) is 0 Å². The summed E-state index contributed by atoms with van der Waals surface area (Å²) in [5.74, 6) is -0.609. The summed E-state index contributed by atoms with van der Waals surface area (Å²) >= 11 is 0. The normalized spacial score (nSPS) is 12.5. The number of amides is 1. The van der Waals surface area contributed by atoms with E-state index in [0.717, 1.165) is 6.07 Å². The van der Waals surface area contributed by atoms with Gasteiger partial charge in [0.1, 0.15) is 0 Å². The lowest BCUT2D eigenvalue weighted by atomic mass is 9.92. The number of likely N-dealkylation sites (N-methyl/N-ethyl adjacent to an activating group) is 1. The molecular weight excluding hydrogens is 313 g/mol. The zero-order valence-electron chi connectivity index (χ0n) is 13.0. The number of hydrogen-bond donors (Lipinski definition) is 3. The van der Waals surface area contributed by atoms with Gasteiger partial charge in [0.2, 0.25) is 5.91 Å². The van der Waals surface area contributed by atoms with Crippen LogP contribution in [-0.2, 0) is 11.0 Å². The van der Waals surface area contributed by atoms with Crippen molar-refractivity contribution in [2.45, 2.75) is 13.1 Å². The van der Waals surface area contributed by atoms with Crippen molar-refractivity contribution in [3.63, 3.8) is 0 Å². The van der Waals surface area contributed by atoms with Crippen LogP contribution in [-0.4, -0.2) is 54.4 Å². The fraction of sp³-hybridized carbons (Fsp3) is 0.533. The zero-order chi connectivity index (χ0) is 17.7. The molecule has 0 aliphatic rings. The highest BCUT2D eigenvalue weighted by Crippen LogP contribution is 2.34. The highest BCUT2D eigenvalue weighted by Gasteiger charge is 2.33. The molecule has 5 nitrogen and oxygen atoms in total. The van der Waals surface area contributed by atoms with E-state index >= 15 is 0 Å². The molecule has 0 saturated carbocycles. The molecule has 0 saturated heterocycles. The Kier molecular flexibility index (Phi) is 6.55. The van der Waals surface area contributed by atoms with Crippen LogP contribution in [0.4, 0.5) is 18.9 Å². The molecule has 1 aromatic carbocycles. The van der Waals surface area contributed by atoms with Crippen LogP contribution in [0.3, 0.4) is 0 Å². The number of aliphatic hydroxyl groups is 2. The Morgan fingerprint density at radius 2 is 1.78 bits per heavy atom. The molecule has 0 fully saturated rings. The number of nitrogens with one attached hydrogen (secondary N) is 1. The van der Waals surface area contributed by atoms with Crippen LogP contribution in [0.25, 0.3) is 0 Å². The number of aliphatic hydroxyl groups excluding tert-OH is 2. The van der Waals surface area contributed by atoms with E-state index < -0.39 is 23.1 Å². The van der Waals surface area contributed by atoms with E-state index in [1.807, 2.05) is 0 Å². The lowest BCUT2D eigenvalue weighted by Crippen LogP contribution is -2.42. The molecule has 0 atom stereocenters. The molecule has 0 unspecified atom stereocenters. The molecule has 1 aromatic rings. The molecule has 23 heavy (non-hydrogen) atoms. The van der Waals surface area contributed by atoms with Crippen molar-refractivity contribution in [3.8, 4) is 0 Å². The lowest BCUT2D eigenvalue weighted by molar-refractivity contribution is -0.137. The maximum Gasteiger partial charge on any atom is 0.418 e. The van der Waals surface area contributed by atoms with Crippen LogP contribution in [0.15, 0.2) is 24.3 Å². The van der Waals surface area contributed by atoms with E-state index in [0.29, 0.717) is 0 Å². The first-order chi connectivity index (χ1) is 10.6. The highest BCUT2D eigenvalue weighted by atomic mass is 19.4. The third kappa shape index (κ3) is 5.81. The molecule has 0 aromatic heterocycles. The maximum absolute atomic E-state index is 12.9. The molecule has 0 radical (unpaired) electrons. The summed E-state index contributed by atoms with van der Waals surface area (Å²) in [7, 11) is 1.58. The second-order valence-corrected chi connectivity index (χ2v) is 5.89. The molecule has 0 aliphatic heterocycles. The van der Waals surface area contributed by atoms with Gasteiger partial charge < -0.3 is 15.5 Å². The first kappa shape index (κ1) is 19.4. The topological polar surface area (TPSA) is 72.8 Å². The molecule has 0 aliphatic carbocycles. The average molecular weight is 334 g/mol. The van der Waals surface area contributed by atoms with E-state index in [1.165, 1.54) is 23.1 Å². The number of alkyl halides is 3. The SMILES string of the molecule is CN(CC(=O)Nc1ccccc1C(F)(F)F)CC(C)(CO)CO. The average Bonchev–Trinajstić information content (AvgIpc) is 2.46. The van der Waals surface area contributed by atoms with E-state index in [2.05, 4.69) is 5.32 Å². The van der Waals surface area contributed by atoms with Crippen molar-refractivity contribution in [1.29, 1.82) is 0 Å². The second kappa shape index (κ2) is 7.76. The van der Waals surface area contributed by atoms with Gasteiger partial charge in [0.15, 0.2) is 0 Å². The first-order valence-electron chi connectivity index (χ1n) is 6.97.